The van der Waals surface area contributed by atoms with Crippen molar-refractivity contribution in [3.05, 3.63) is 29.3 Å². The van der Waals surface area contributed by atoms with Crippen LogP contribution in [0.4, 0.5) is 0 Å². The number of fused-ring (bicyclic) bond motifs is 1. The van der Waals surface area contributed by atoms with E-state index in [-0.39, 0.29) is 5.91 Å². The summed E-state index contributed by atoms with van der Waals surface area (Å²) >= 11 is 1.70. The zero-order valence-corrected chi connectivity index (χ0v) is 14.2. The van der Waals surface area contributed by atoms with Crippen molar-refractivity contribution in [1.82, 2.24) is 10.3 Å². The number of rotatable bonds is 6. The van der Waals surface area contributed by atoms with Crippen LogP contribution in [-0.2, 0) is 11.2 Å². The third-order valence-electron chi connectivity index (χ3n) is 4.53. The molecule has 1 heterocycles. The minimum atomic E-state index is -0.680. The Morgan fingerprint density at radius 2 is 2.04 bits per heavy atom. The highest BCUT2D eigenvalue weighted by atomic mass is 32.1. The van der Waals surface area contributed by atoms with Crippen LogP contribution in [0.3, 0.4) is 0 Å². The first-order valence-corrected chi connectivity index (χ1v) is 9.30. The highest BCUT2D eigenvalue weighted by molar-refractivity contribution is 7.18. The van der Waals surface area contributed by atoms with Gasteiger partial charge in [-0.3, -0.25) is 4.79 Å². The van der Waals surface area contributed by atoms with E-state index < -0.39 is 5.60 Å². The summed E-state index contributed by atoms with van der Waals surface area (Å²) in [5.74, 6) is 0.0325. The van der Waals surface area contributed by atoms with Gasteiger partial charge in [0.05, 0.1) is 20.8 Å². The van der Waals surface area contributed by atoms with Crippen molar-refractivity contribution in [1.29, 1.82) is 0 Å². The fourth-order valence-corrected chi connectivity index (χ4v) is 4.17. The van der Waals surface area contributed by atoms with E-state index in [2.05, 4.69) is 16.4 Å². The molecule has 0 bridgehead atoms. The molecule has 3 rings (SSSR count). The molecule has 0 spiro atoms. The molecule has 1 fully saturated rings. The summed E-state index contributed by atoms with van der Waals surface area (Å²) in [6.45, 7) is 0.396. The summed E-state index contributed by atoms with van der Waals surface area (Å²) in [4.78, 5) is 16.5. The maximum atomic E-state index is 12.0. The number of hydrogen-bond donors (Lipinski definition) is 2. The zero-order valence-electron chi connectivity index (χ0n) is 13.4. The summed E-state index contributed by atoms with van der Waals surface area (Å²) in [5.41, 5.74) is 0.359. The highest BCUT2D eigenvalue weighted by Gasteiger charge is 2.29. The molecular formula is C18H24N2O2S. The minimum absolute atomic E-state index is 0.0325. The van der Waals surface area contributed by atoms with Crippen LogP contribution in [0.25, 0.3) is 10.2 Å². The molecular weight excluding hydrogens is 308 g/mol. The maximum absolute atomic E-state index is 12.0. The number of nitrogens with one attached hydrogen (secondary N) is 1. The van der Waals surface area contributed by atoms with Crippen molar-refractivity contribution in [2.75, 3.05) is 6.54 Å². The van der Waals surface area contributed by atoms with Gasteiger partial charge in [0.1, 0.15) is 0 Å². The molecule has 1 saturated carbocycles. The Hall–Kier alpha value is -1.46. The van der Waals surface area contributed by atoms with E-state index in [1.807, 2.05) is 18.2 Å². The van der Waals surface area contributed by atoms with Crippen molar-refractivity contribution in [2.24, 2.45) is 0 Å². The van der Waals surface area contributed by atoms with Crippen LogP contribution in [0.15, 0.2) is 24.3 Å². The third kappa shape index (κ3) is 4.52. The third-order valence-corrected chi connectivity index (χ3v) is 5.63. The van der Waals surface area contributed by atoms with Gasteiger partial charge in [0.25, 0.3) is 0 Å². The minimum Gasteiger partial charge on any atom is -0.388 e. The molecule has 1 aromatic heterocycles. The molecule has 0 saturated heterocycles. The molecule has 1 aliphatic rings. The van der Waals surface area contributed by atoms with Gasteiger partial charge in [0.2, 0.25) is 5.91 Å². The Kier molecular flexibility index (Phi) is 5.28. The summed E-state index contributed by atoms with van der Waals surface area (Å²) in [6, 6.07) is 8.12. The van der Waals surface area contributed by atoms with Gasteiger partial charge in [-0.25, -0.2) is 4.98 Å². The van der Waals surface area contributed by atoms with Crippen molar-refractivity contribution in [3.8, 4) is 0 Å². The van der Waals surface area contributed by atoms with E-state index in [0.717, 1.165) is 49.0 Å². The number of hydrogen-bond acceptors (Lipinski definition) is 4. The Labute approximate surface area is 140 Å². The van der Waals surface area contributed by atoms with Crippen LogP contribution in [0, 0.1) is 0 Å². The molecule has 1 aliphatic carbocycles. The second-order valence-electron chi connectivity index (χ2n) is 6.49. The number of carbonyl (C=O) groups is 1. The van der Waals surface area contributed by atoms with E-state index >= 15 is 0 Å². The Morgan fingerprint density at radius 3 is 2.83 bits per heavy atom. The van der Waals surface area contributed by atoms with Crippen LogP contribution >= 0.6 is 11.3 Å². The lowest BCUT2D eigenvalue weighted by molar-refractivity contribution is -0.122. The number of carbonyl (C=O) groups excluding carboxylic acids is 1. The predicted octanol–water partition coefficient (Wildman–Crippen LogP) is 3.43. The first-order valence-electron chi connectivity index (χ1n) is 8.48. The molecule has 5 heteroatoms. The molecule has 1 amide bonds. The Morgan fingerprint density at radius 1 is 1.26 bits per heavy atom. The number of aryl methyl sites for hydroxylation is 1. The van der Waals surface area contributed by atoms with E-state index in [4.69, 9.17) is 0 Å². The molecule has 2 aromatic rings. The summed E-state index contributed by atoms with van der Waals surface area (Å²) in [7, 11) is 0. The van der Waals surface area contributed by atoms with Crippen LogP contribution in [0.5, 0.6) is 0 Å². The van der Waals surface area contributed by atoms with Gasteiger partial charge >= 0.3 is 0 Å². The molecule has 0 atom stereocenters. The van der Waals surface area contributed by atoms with Gasteiger partial charge in [0.15, 0.2) is 0 Å². The smallest absolute Gasteiger partial charge is 0.220 e. The SMILES string of the molecule is O=C(CCCc1nc2ccccc2s1)NCC1(O)CCCCC1. The number of nitrogens with zero attached hydrogens (tertiary/aromatic N) is 1. The maximum Gasteiger partial charge on any atom is 0.220 e. The van der Waals surface area contributed by atoms with Crippen molar-refractivity contribution in [3.63, 3.8) is 0 Å². The second kappa shape index (κ2) is 7.41. The zero-order chi connectivity index (χ0) is 16.1. The molecule has 4 nitrogen and oxygen atoms in total. The number of aliphatic hydroxyl groups is 1. The fraction of sp³-hybridized carbons (Fsp3) is 0.556. The van der Waals surface area contributed by atoms with Gasteiger partial charge in [-0.15, -0.1) is 11.3 Å². The van der Waals surface area contributed by atoms with E-state index in [0.29, 0.717) is 13.0 Å². The molecule has 124 valence electrons. The lowest BCUT2D eigenvalue weighted by Gasteiger charge is -2.32. The number of aromatic nitrogens is 1. The normalized spacial score (nSPS) is 17.3. The average Bonchev–Trinajstić information content (AvgIpc) is 2.96. The lowest BCUT2D eigenvalue weighted by atomic mass is 9.85. The largest absolute Gasteiger partial charge is 0.388 e. The monoisotopic (exact) mass is 332 g/mol. The van der Waals surface area contributed by atoms with Gasteiger partial charge in [-0.1, -0.05) is 31.4 Å². The summed E-state index contributed by atoms with van der Waals surface area (Å²) in [5, 5.41) is 14.4. The number of benzene rings is 1. The predicted molar refractivity (Wildman–Crippen MR) is 93.6 cm³/mol. The molecule has 0 aliphatic heterocycles. The average molecular weight is 332 g/mol. The van der Waals surface area contributed by atoms with Crippen LogP contribution in [0.1, 0.15) is 50.0 Å². The lowest BCUT2D eigenvalue weighted by Crippen LogP contribution is -2.44. The quantitative estimate of drug-likeness (QED) is 0.852. The van der Waals surface area contributed by atoms with E-state index in [1.165, 1.54) is 11.1 Å². The molecule has 0 unspecified atom stereocenters. The first kappa shape index (κ1) is 16.4. The molecule has 23 heavy (non-hydrogen) atoms. The van der Waals surface area contributed by atoms with E-state index in [9.17, 15) is 9.90 Å². The second-order valence-corrected chi connectivity index (χ2v) is 7.61. The Bertz CT molecular complexity index is 629. The number of para-hydroxylation sites is 1. The fourth-order valence-electron chi connectivity index (χ4n) is 3.17. The van der Waals surface area contributed by atoms with Crippen LogP contribution in [-0.4, -0.2) is 28.1 Å². The van der Waals surface area contributed by atoms with Crippen LogP contribution in [0.2, 0.25) is 0 Å². The van der Waals surface area contributed by atoms with Crippen molar-refractivity contribution in [2.45, 2.75) is 57.0 Å². The van der Waals surface area contributed by atoms with Gasteiger partial charge in [-0.2, -0.15) is 0 Å². The van der Waals surface area contributed by atoms with Gasteiger partial charge in [0, 0.05) is 13.0 Å². The standard InChI is InChI=1S/C18H24N2O2S/c21-16(19-13-18(22)11-4-1-5-12-18)9-6-10-17-20-14-7-2-3-8-15(14)23-17/h2-3,7-8,22H,1,4-6,9-13H2,(H,19,21). The molecule has 1 aromatic carbocycles. The first-order chi connectivity index (χ1) is 11.1. The molecule has 0 radical (unpaired) electrons. The summed E-state index contributed by atoms with van der Waals surface area (Å²) < 4.78 is 1.20. The van der Waals surface area contributed by atoms with Gasteiger partial charge < -0.3 is 10.4 Å². The number of thiazole rings is 1. The summed E-state index contributed by atoms with van der Waals surface area (Å²) in [6.07, 6.45) is 7.04. The van der Waals surface area contributed by atoms with Crippen molar-refractivity contribution < 1.29 is 9.90 Å². The van der Waals surface area contributed by atoms with Crippen LogP contribution < -0.4 is 5.32 Å². The van der Waals surface area contributed by atoms with Gasteiger partial charge in [-0.05, 0) is 37.8 Å². The number of amides is 1. The Balaban J connectivity index is 1.40. The van der Waals surface area contributed by atoms with Crippen molar-refractivity contribution >= 4 is 27.5 Å². The topological polar surface area (TPSA) is 62.2 Å². The highest BCUT2D eigenvalue weighted by Crippen LogP contribution is 2.27. The molecule has 2 N–H and O–H groups in total. The van der Waals surface area contributed by atoms with E-state index in [1.54, 1.807) is 11.3 Å².